The first kappa shape index (κ1) is 13.2. The summed E-state index contributed by atoms with van der Waals surface area (Å²) in [5.41, 5.74) is 0.799. The minimum atomic E-state index is -0.485. The molecule has 0 aliphatic heterocycles. The number of rotatable bonds is 3. The van der Waals surface area contributed by atoms with Crippen LogP contribution in [-0.4, -0.2) is 12.0 Å². The van der Waals surface area contributed by atoms with Crippen molar-refractivity contribution in [2.24, 2.45) is 0 Å². The molecule has 0 aliphatic rings. The Morgan fingerprint density at radius 1 is 1.57 bits per heavy atom. The Morgan fingerprint density at radius 2 is 2.21 bits per heavy atom. The number of hydrogen-bond acceptors (Lipinski definition) is 3. The minimum Gasteiger partial charge on any atom is -0.316 e. The van der Waals surface area contributed by atoms with Crippen LogP contribution in [0, 0.1) is 10.1 Å². The van der Waals surface area contributed by atoms with Crippen LogP contribution < -0.4 is 5.32 Å². The van der Waals surface area contributed by atoms with Crippen molar-refractivity contribution in [3.05, 3.63) is 38.9 Å². The highest BCUT2D eigenvalue weighted by Crippen LogP contribution is 2.24. The van der Waals surface area contributed by atoms with Gasteiger partial charge in [0.15, 0.2) is 0 Å². The van der Waals surface area contributed by atoms with Crippen LogP contribution in [0.2, 0.25) is 5.02 Å². The van der Waals surface area contributed by atoms with Crippen LogP contribution in [0.1, 0.15) is 5.56 Å². The number of halogens is 2. The summed E-state index contributed by atoms with van der Waals surface area (Å²) in [6.07, 6.45) is 0. The van der Waals surface area contributed by atoms with Crippen molar-refractivity contribution in [2.45, 2.75) is 6.54 Å². The summed E-state index contributed by atoms with van der Waals surface area (Å²) in [6.45, 7) is 0.595. The maximum Gasteiger partial charge on any atom is 0.288 e. The highest BCUT2D eigenvalue weighted by Gasteiger charge is 2.11. The average molecular weight is 237 g/mol. The van der Waals surface area contributed by atoms with Crippen LogP contribution in [-0.2, 0) is 6.54 Å². The molecule has 78 valence electrons. The molecule has 0 saturated heterocycles. The molecule has 0 fully saturated rings. The van der Waals surface area contributed by atoms with Crippen LogP contribution in [0.3, 0.4) is 0 Å². The lowest BCUT2D eigenvalue weighted by atomic mass is 10.2. The molecule has 0 saturated carbocycles. The number of nitro benzene ring substituents is 1. The molecule has 1 N–H and O–H groups in total. The fourth-order valence-corrected chi connectivity index (χ4v) is 1.20. The fraction of sp³-hybridized carbons (Fsp3) is 0.250. The highest BCUT2D eigenvalue weighted by molar-refractivity contribution is 6.32. The van der Waals surface area contributed by atoms with Gasteiger partial charge in [-0.25, -0.2) is 0 Å². The summed E-state index contributed by atoms with van der Waals surface area (Å²) < 4.78 is 0. The van der Waals surface area contributed by atoms with Crippen LogP contribution in [0.5, 0.6) is 0 Å². The van der Waals surface area contributed by atoms with Crippen LogP contribution in [0.25, 0.3) is 0 Å². The van der Waals surface area contributed by atoms with E-state index in [1.807, 2.05) is 0 Å². The predicted octanol–water partition coefficient (Wildman–Crippen LogP) is 2.39. The summed E-state index contributed by atoms with van der Waals surface area (Å²) in [5, 5.41) is 13.6. The molecule has 14 heavy (non-hydrogen) atoms. The molecule has 0 atom stereocenters. The molecule has 6 heteroatoms. The van der Waals surface area contributed by atoms with Gasteiger partial charge in [-0.3, -0.25) is 10.1 Å². The van der Waals surface area contributed by atoms with E-state index in [4.69, 9.17) is 11.6 Å². The second-order valence-corrected chi connectivity index (χ2v) is 2.98. The van der Waals surface area contributed by atoms with E-state index in [2.05, 4.69) is 5.32 Å². The number of hydrogen-bond donors (Lipinski definition) is 1. The monoisotopic (exact) mass is 236 g/mol. The third kappa shape index (κ3) is 3.14. The zero-order valence-electron chi connectivity index (χ0n) is 7.49. The van der Waals surface area contributed by atoms with Gasteiger partial charge in [0.2, 0.25) is 0 Å². The first-order chi connectivity index (χ1) is 6.15. The summed E-state index contributed by atoms with van der Waals surface area (Å²) in [6, 6.07) is 4.76. The van der Waals surface area contributed by atoms with Crippen LogP contribution in [0.15, 0.2) is 18.2 Å². The summed E-state index contributed by atoms with van der Waals surface area (Å²) >= 11 is 5.63. The maximum atomic E-state index is 10.5. The van der Waals surface area contributed by atoms with Crippen molar-refractivity contribution < 1.29 is 4.92 Å². The first-order valence-electron chi connectivity index (χ1n) is 3.72. The second-order valence-electron chi connectivity index (χ2n) is 2.57. The maximum absolute atomic E-state index is 10.5. The topological polar surface area (TPSA) is 55.2 Å². The van der Waals surface area contributed by atoms with E-state index in [1.54, 1.807) is 13.1 Å². The molecule has 0 radical (unpaired) electrons. The Morgan fingerprint density at radius 3 is 2.71 bits per heavy atom. The number of benzene rings is 1. The molecule has 0 aromatic heterocycles. The molecule has 0 spiro atoms. The third-order valence-electron chi connectivity index (χ3n) is 1.59. The molecule has 4 nitrogen and oxygen atoms in total. The zero-order valence-corrected chi connectivity index (χ0v) is 9.06. The van der Waals surface area contributed by atoms with E-state index in [0.717, 1.165) is 5.56 Å². The normalized spacial score (nSPS) is 9.29. The molecule has 0 bridgehead atoms. The van der Waals surface area contributed by atoms with Gasteiger partial charge in [0, 0.05) is 12.6 Å². The number of nitrogens with one attached hydrogen (secondary N) is 1. The minimum absolute atomic E-state index is 0. The van der Waals surface area contributed by atoms with E-state index in [-0.39, 0.29) is 23.1 Å². The lowest BCUT2D eigenvalue weighted by molar-refractivity contribution is -0.384. The highest BCUT2D eigenvalue weighted by atomic mass is 35.5. The largest absolute Gasteiger partial charge is 0.316 e. The van der Waals surface area contributed by atoms with Crippen molar-refractivity contribution >= 4 is 29.7 Å². The molecular weight excluding hydrogens is 227 g/mol. The van der Waals surface area contributed by atoms with Gasteiger partial charge in [-0.1, -0.05) is 17.7 Å². The summed E-state index contributed by atoms with van der Waals surface area (Å²) in [5.74, 6) is 0. The zero-order chi connectivity index (χ0) is 9.84. The quantitative estimate of drug-likeness (QED) is 0.648. The van der Waals surface area contributed by atoms with Crippen molar-refractivity contribution in [1.82, 2.24) is 5.32 Å². The number of nitrogens with zero attached hydrogens (tertiary/aromatic N) is 1. The Labute approximate surface area is 92.8 Å². The van der Waals surface area contributed by atoms with Crippen molar-refractivity contribution in [1.29, 1.82) is 0 Å². The molecule has 0 aliphatic carbocycles. The Balaban J connectivity index is 0.00000169. The molecule has 1 aromatic carbocycles. The summed E-state index contributed by atoms with van der Waals surface area (Å²) in [4.78, 5) is 9.99. The first-order valence-corrected chi connectivity index (χ1v) is 4.10. The van der Waals surface area contributed by atoms with E-state index >= 15 is 0 Å². The Bertz CT molecular complexity index is 331. The van der Waals surface area contributed by atoms with E-state index in [0.29, 0.717) is 6.54 Å². The van der Waals surface area contributed by atoms with Crippen molar-refractivity contribution in [3.8, 4) is 0 Å². The van der Waals surface area contributed by atoms with Crippen molar-refractivity contribution in [3.63, 3.8) is 0 Å². The van der Waals surface area contributed by atoms with Crippen molar-refractivity contribution in [2.75, 3.05) is 7.05 Å². The predicted molar refractivity (Wildman–Crippen MR) is 58.1 cm³/mol. The average Bonchev–Trinajstić information content (AvgIpc) is 2.08. The molecule has 0 amide bonds. The number of nitro groups is 1. The fourth-order valence-electron chi connectivity index (χ4n) is 1.01. The van der Waals surface area contributed by atoms with E-state index in [9.17, 15) is 10.1 Å². The van der Waals surface area contributed by atoms with Gasteiger partial charge in [0.25, 0.3) is 5.69 Å². The molecule has 0 heterocycles. The standard InChI is InChI=1S/C8H9ClN2O2.ClH/c1-10-5-6-2-3-7(9)8(4-6)11(12)13;/h2-4,10H,5H2,1H3;1H. The van der Waals surface area contributed by atoms with Crippen LogP contribution in [0.4, 0.5) is 5.69 Å². The molecule has 1 rings (SSSR count). The lowest BCUT2D eigenvalue weighted by Gasteiger charge is -2.00. The SMILES string of the molecule is CNCc1ccc(Cl)c([N+](=O)[O-])c1.Cl. The Hall–Kier alpha value is -0.840. The van der Waals surface area contributed by atoms with Gasteiger partial charge < -0.3 is 5.32 Å². The molecular formula is C8H10Cl2N2O2. The van der Waals surface area contributed by atoms with E-state index in [1.165, 1.54) is 12.1 Å². The van der Waals surface area contributed by atoms with Crippen LogP contribution >= 0.6 is 24.0 Å². The smallest absolute Gasteiger partial charge is 0.288 e. The van der Waals surface area contributed by atoms with E-state index < -0.39 is 4.92 Å². The van der Waals surface area contributed by atoms with Gasteiger partial charge in [-0.05, 0) is 18.7 Å². The van der Waals surface area contributed by atoms with Gasteiger partial charge in [0.05, 0.1) is 4.92 Å². The molecule has 1 aromatic rings. The molecule has 0 unspecified atom stereocenters. The van der Waals surface area contributed by atoms with Gasteiger partial charge in [-0.15, -0.1) is 12.4 Å². The van der Waals surface area contributed by atoms with Gasteiger partial charge in [-0.2, -0.15) is 0 Å². The van der Waals surface area contributed by atoms with Gasteiger partial charge >= 0.3 is 0 Å². The third-order valence-corrected chi connectivity index (χ3v) is 1.91. The summed E-state index contributed by atoms with van der Waals surface area (Å²) in [7, 11) is 1.78. The Kier molecular flexibility index (Phi) is 5.45. The lowest BCUT2D eigenvalue weighted by Crippen LogP contribution is -2.05. The van der Waals surface area contributed by atoms with Gasteiger partial charge in [0.1, 0.15) is 5.02 Å². The second kappa shape index (κ2) is 5.80.